The molecule has 0 aliphatic carbocycles. The first-order chi connectivity index (χ1) is 13.7. The van der Waals surface area contributed by atoms with E-state index in [1.807, 2.05) is 12.1 Å². The highest BCUT2D eigenvalue weighted by Crippen LogP contribution is 2.29. The van der Waals surface area contributed by atoms with E-state index in [1.165, 1.54) is 18.4 Å². The van der Waals surface area contributed by atoms with Crippen LogP contribution in [0.1, 0.15) is 18.4 Å². The molecule has 0 amide bonds. The molecule has 1 aromatic rings. The summed E-state index contributed by atoms with van der Waals surface area (Å²) in [4.78, 5) is 4.73. The molecule has 3 atom stereocenters. The van der Waals surface area contributed by atoms with Crippen molar-refractivity contribution in [3.05, 3.63) is 23.8 Å². The normalized spacial score (nSPS) is 26.9. The van der Waals surface area contributed by atoms with Gasteiger partial charge in [0.2, 0.25) is 0 Å². The van der Waals surface area contributed by atoms with Gasteiger partial charge in [-0.3, -0.25) is 9.80 Å². The number of ether oxygens (including phenoxy) is 3. The van der Waals surface area contributed by atoms with Crippen molar-refractivity contribution >= 4 is 0 Å². The van der Waals surface area contributed by atoms with Crippen molar-refractivity contribution in [2.75, 3.05) is 59.7 Å². The fourth-order valence-corrected chi connectivity index (χ4v) is 4.52. The average molecular weight is 392 g/mol. The first-order valence-electron chi connectivity index (χ1n) is 10.5. The monoisotopic (exact) mass is 391 g/mol. The molecule has 3 heterocycles. The molecule has 7 heteroatoms. The van der Waals surface area contributed by atoms with Crippen molar-refractivity contribution in [2.45, 2.75) is 37.6 Å². The number of rotatable bonds is 8. The van der Waals surface area contributed by atoms with Crippen molar-refractivity contribution in [3.8, 4) is 11.5 Å². The summed E-state index contributed by atoms with van der Waals surface area (Å²) in [6, 6.07) is 7.24. The second kappa shape index (κ2) is 9.41. The third-order valence-electron chi connectivity index (χ3n) is 5.93. The summed E-state index contributed by atoms with van der Waals surface area (Å²) in [6.45, 7) is 7.37. The Balaban J connectivity index is 1.27. The number of β-amino-alcohol motifs (C(OH)–C–C–N with tert-alkyl or cyclic N) is 1. The number of aliphatic hydroxyl groups excluding tert-OH is 1. The molecule has 1 unspecified atom stereocenters. The van der Waals surface area contributed by atoms with E-state index in [0.29, 0.717) is 24.4 Å². The lowest BCUT2D eigenvalue weighted by Gasteiger charge is -2.34. The Hall–Kier alpha value is -1.38. The highest BCUT2D eigenvalue weighted by molar-refractivity contribution is 5.43. The van der Waals surface area contributed by atoms with Gasteiger partial charge in [-0.2, -0.15) is 0 Å². The molecule has 0 radical (unpaired) electrons. The number of hydrogen-bond donors (Lipinski definition) is 2. The maximum atomic E-state index is 10.4. The van der Waals surface area contributed by atoms with E-state index in [0.717, 1.165) is 51.7 Å². The molecule has 2 bridgehead atoms. The molecule has 3 aliphatic heterocycles. The van der Waals surface area contributed by atoms with Crippen LogP contribution in [0, 0.1) is 0 Å². The number of nitrogens with one attached hydrogen (secondary N) is 1. The van der Waals surface area contributed by atoms with Crippen LogP contribution in [0.15, 0.2) is 18.2 Å². The van der Waals surface area contributed by atoms with Crippen LogP contribution in [0.4, 0.5) is 0 Å². The van der Waals surface area contributed by atoms with Gasteiger partial charge in [-0.15, -0.1) is 0 Å². The van der Waals surface area contributed by atoms with Gasteiger partial charge in [-0.25, -0.2) is 0 Å². The minimum atomic E-state index is -0.504. The van der Waals surface area contributed by atoms with Gasteiger partial charge in [0.15, 0.2) is 11.5 Å². The molecule has 7 nitrogen and oxygen atoms in total. The van der Waals surface area contributed by atoms with Gasteiger partial charge in [0, 0.05) is 51.4 Å². The predicted molar refractivity (Wildman–Crippen MR) is 107 cm³/mol. The van der Waals surface area contributed by atoms with Gasteiger partial charge in [0.25, 0.3) is 0 Å². The predicted octanol–water partition coefficient (Wildman–Crippen LogP) is 0.703. The maximum Gasteiger partial charge on any atom is 0.161 e. The number of likely N-dealkylation sites (tertiary alicyclic amines) is 1. The standard InChI is InChI=1S/C21H33N3O4/c1-26-21-10-16(11-23-6-8-27-9-7-23)2-5-20(21)28-15-19(25)14-24-12-17-3-4-18(13-24)22-17/h2,5,10,17-19,22,25H,3-4,6-9,11-15H2,1H3/t17-,18+,19?. The molecule has 0 spiro atoms. The van der Waals surface area contributed by atoms with Gasteiger partial charge in [-0.1, -0.05) is 6.07 Å². The van der Waals surface area contributed by atoms with Crippen LogP contribution in [-0.4, -0.2) is 92.7 Å². The molecule has 2 N–H and O–H groups in total. The lowest BCUT2D eigenvalue weighted by molar-refractivity contribution is 0.0341. The Kier molecular flexibility index (Phi) is 6.69. The van der Waals surface area contributed by atoms with E-state index in [1.54, 1.807) is 7.11 Å². The van der Waals surface area contributed by atoms with Crippen LogP contribution in [0.25, 0.3) is 0 Å². The Morgan fingerprint density at radius 3 is 2.61 bits per heavy atom. The quantitative estimate of drug-likeness (QED) is 0.676. The van der Waals surface area contributed by atoms with E-state index in [2.05, 4.69) is 21.2 Å². The summed E-state index contributed by atoms with van der Waals surface area (Å²) in [5.41, 5.74) is 1.20. The Labute approximate surface area is 167 Å². The smallest absolute Gasteiger partial charge is 0.161 e. The third-order valence-corrected chi connectivity index (χ3v) is 5.93. The number of aliphatic hydroxyl groups is 1. The van der Waals surface area contributed by atoms with Gasteiger partial charge < -0.3 is 24.6 Å². The molecule has 3 saturated heterocycles. The van der Waals surface area contributed by atoms with Gasteiger partial charge >= 0.3 is 0 Å². The molecular weight excluding hydrogens is 358 g/mol. The highest BCUT2D eigenvalue weighted by Gasteiger charge is 2.32. The number of benzene rings is 1. The summed E-state index contributed by atoms with van der Waals surface area (Å²) in [5.74, 6) is 1.41. The van der Waals surface area contributed by atoms with Gasteiger partial charge in [0.05, 0.1) is 20.3 Å². The topological polar surface area (TPSA) is 66.4 Å². The second-order valence-corrected chi connectivity index (χ2v) is 8.19. The van der Waals surface area contributed by atoms with E-state index < -0.39 is 6.10 Å². The fraction of sp³-hybridized carbons (Fsp3) is 0.714. The zero-order valence-corrected chi connectivity index (χ0v) is 16.8. The zero-order chi connectivity index (χ0) is 19.3. The second-order valence-electron chi connectivity index (χ2n) is 8.19. The van der Waals surface area contributed by atoms with Gasteiger partial charge in [-0.05, 0) is 30.5 Å². The average Bonchev–Trinajstić information content (AvgIpc) is 3.05. The Morgan fingerprint density at radius 1 is 1.14 bits per heavy atom. The number of fused-ring (bicyclic) bond motifs is 2. The molecule has 4 rings (SSSR count). The summed E-state index contributed by atoms with van der Waals surface area (Å²) >= 11 is 0. The third kappa shape index (κ3) is 5.15. The van der Waals surface area contributed by atoms with Crippen LogP contribution < -0.4 is 14.8 Å². The lowest BCUT2D eigenvalue weighted by atomic mass is 10.2. The summed E-state index contributed by atoms with van der Waals surface area (Å²) in [5, 5.41) is 14.1. The van der Waals surface area contributed by atoms with Crippen molar-refractivity contribution in [1.82, 2.24) is 15.1 Å². The van der Waals surface area contributed by atoms with Crippen molar-refractivity contribution < 1.29 is 19.3 Å². The van der Waals surface area contributed by atoms with Crippen LogP contribution in [0.5, 0.6) is 11.5 Å². The van der Waals surface area contributed by atoms with E-state index in [9.17, 15) is 5.11 Å². The van der Waals surface area contributed by atoms with Crippen molar-refractivity contribution in [2.24, 2.45) is 0 Å². The minimum Gasteiger partial charge on any atom is -0.493 e. The minimum absolute atomic E-state index is 0.276. The Morgan fingerprint density at radius 2 is 1.89 bits per heavy atom. The van der Waals surface area contributed by atoms with E-state index >= 15 is 0 Å². The summed E-state index contributed by atoms with van der Waals surface area (Å²) in [7, 11) is 1.66. The zero-order valence-electron chi connectivity index (χ0n) is 16.8. The number of hydrogen-bond acceptors (Lipinski definition) is 7. The van der Waals surface area contributed by atoms with Crippen molar-refractivity contribution in [1.29, 1.82) is 0 Å². The number of nitrogens with zero attached hydrogens (tertiary/aromatic N) is 2. The molecule has 3 fully saturated rings. The van der Waals surface area contributed by atoms with Gasteiger partial charge in [0.1, 0.15) is 12.7 Å². The number of piperazine rings is 1. The largest absolute Gasteiger partial charge is 0.493 e. The summed E-state index contributed by atoms with van der Waals surface area (Å²) < 4.78 is 16.8. The molecule has 0 aromatic heterocycles. The first kappa shape index (κ1) is 19.9. The summed E-state index contributed by atoms with van der Waals surface area (Å²) in [6.07, 6.45) is 2.00. The van der Waals surface area contributed by atoms with Crippen LogP contribution >= 0.6 is 0 Å². The van der Waals surface area contributed by atoms with Crippen molar-refractivity contribution in [3.63, 3.8) is 0 Å². The fourth-order valence-electron chi connectivity index (χ4n) is 4.52. The first-order valence-corrected chi connectivity index (χ1v) is 10.5. The van der Waals surface area contributed by atoms with E-state index in [-0.39, 0.29) is 6.61 Å². The molecule has 3 aliphatic rings. The Bertz CT molecular complexity index is 626. The van der Waals surface area contributed by atoms with E-state index in [4.69, 9.17) is 14.2 Å². The molecule has 0 saturated carbocycles. The lowest BCUT2D eigenvalue weighted by Crippen LogP contribution is -2.53. The molecule has 156 valence electrons. The van der Waals surface area contributed by atoms with Crippen LogP contribution in [-0.2, 0) is 11.3 Å². The van der Waals surface area contributed by atoms with Crippen LogP contribution in [0.3, 0.4) is 0 Å². The molecular formula is C21H33N3O4. The SMILES string of the molecule is COc1cc(CN2CCOCC2)ccc1OCC(O)CN1C[C@H]2CC[C@@H](C1)N2. The number of morpholine rings is 1. The molecule has 28 heavy (non-hydrogen) atoms. The highest BCUT2D eigenvalue weighted by atomic mass is 16.5. The number of methoxy groups -OCH3 is 1. The molecule has 1 aromatic carbocycles. The maximum absolute atomic E-state index is 10.4. The van der Waals surface area contributed by atoms with Crippen LogP contribution in [0.2, 0.25) is 0 Å².